The number of para-hydroxylation sites is 1. The molecule has 0 atom stereocenters. The molecule has 24 heavy (non-hydrogen) atoms. The van der Waals surface area contributed by atoms with Gasteiger partial charge < -0.3 is 14.6 Å². The number of anilines is 1. The summed E-state index contributed by atoms with van der Waals surface area (Å²) in [6.45, 7) is 0.789. The maximum atomic E-state index is 11.8. The van der Waals surface area contributed by atoms with E-state index in [1.807, 2.05) is 42.3 Å². The van der Waals surface area contributed by atoms with Gasteiger partial charge in [-0.15, -0.1) is 6.42 Å². The number of pyridine rings is 1. The minimum absolute atomic E-state index is 0.201. The van der Waals surface area contributed by atoms with Gasteiger partial charge in [0.05, 0.1) is 18.7 Å². The van der Waals surface area contributed by atoms with Gasteiger partial charge in [0.15, 0.2) is 0 Å². The van der Waals surface area contributed by atoms with Gasteiger partial charge in [-0.1, -0.05) is 24.1 Å². The largest absolute Gasteiger partial charge is 0.459 e. The minimum atomic E-state index is -0.230. The van der Waals surface area contributed by atoms with Crippen molar-refractivity contribution in [2.24, 2.45) is 0 Å². The second kappa shape index (κ2) is 6.88. The van der Waals surface area contributed by atoms with Gasteiger partial charge in [-0.3, -0.25) is 4.79 Å². The van der Waals surface area contributed by atoms with Gasteiger partial charge in [0.1, 0.15) is 17.2 Å². The molecule has 0 aliphatic rings. The quantitative estimate of drug-likeness (QED) is 0.735. The summed E-state index contributed by atoms with van der Waals surface area (Å²) >= 11 is 0. The Morgan fingerprint density at radius 2 is 2.17 bits per heavy atom. The van der Waals surface area contributed by atoms with Crippen molar-refractivity contribution in [3.8, 4) is 12.3 Å². The van der Waals surface area contributed by atoms with Crippen LogP contribution in [-0.2, 0) is 6.54 Å². The minimum Gasteiger partial charge on any atom is -0.459 e. The smallest absolute Gasteiger partial charge is 0.253 e. The number of carbonyl (C=O) groups excluding carboxylic acids is 1. The summed E-state index contributed by atoms with van der Waals surface area (Å²) in [6.07, 6.45) is 6.66. The highest BCUT2D eigenvalue weighted by Gasteiger charge is 2.10. The van der Waals surface area contributed by atoms with E-state index in [9.17, 15) is 4.79 Å². The van der Waals surface area contributed by atoms with E-state index < -0.39 is 0 Å². The van der Waals surface area contributed by atoms with Crippen LogP contribution in [0, 0.1) is 12.3 Å². The number of hydrogen-bond donors (Lipinski definition) is 1. The fraction of sp³-hybridized carbons (Fsp3) is 0.158. The van der Waals surface area contributed by atoms with E-state index >= 15 is 0 Å². The van der Waals surface area contributed by atoms with E-state index in [2.05, 4.69) is 16.2 Å². The third kappa shape index (κ3) is 3.39. The van der Waals surface area contributed by atoms with Crippen molar-refractivity contribution in [1.29, 1.82) is 0 Å². The highest BCUT2D eigenvalue weighted by atomic mass is 16.3. The van der Waals surface area contributed by atoms with Crippen molar-refractivity contribution in [1.82, 2.24) is 10.3 Å². The molecule has 0 radical (unpaired) electrons. The van der Waals surface area contributed by atoms with Crippen molar-refractivity contribution < 1.29 is 9.21 Å². The number of nitrogens with one attached hydrogen (secondary N) is 1. The number of aromatic nitrogens is 1. The van der Waals surface area contributed by atoms with Crippen molar-refractivity contribution >= 4 is 22.7 Å². The van der Waals surface area contributed by atoms with Crippen molar-refractivity contribution in [3.63, 3.8) is 0 Å². The third-order valence-corrected chi connectivity index (χ3v) is 3.62. The highest BCUT2D eigenvalue weighted by molar-refractivity contribution is 5.94. The monoisotopic (exact) mass is 319 g/mol. The Balaban J connectivity index is 1.69. The molecule has 0 saturated carbocycles. The second-order valence-electron chi connectivity index (χ2n) is 5.40. The maximum Gasteiger partial charge on any atom is 0.253 e. The molecule has 0 spiro atoms. The molecule has 1 N–H and O–H groups in total. The number of carbonyl (C=O) groups is 1. The van der Waals surface area contributed by atoms with Crippen LogP contribution in [0.4, 0.5) is 5.82 Å². The first-order chi connectivity index (χ1) is 11.7. The van der Waals surface area contributed by atoms with Crippen molar-refractivity contribution in [3.05, 3.63) is 60.0 Å². The van der Waals surface area contributed by atoms with Gasteiger partial charge in [0.2, 0.25) is 0 Å². The van der Waals surface area contributed by atoms with Crippen LogP contribution in [0.3, 0.4) is 0 Å². The van der Waals surface area contributed by atoms with Crippen LogP contribution in [0.2, 0.25) is 0 Å². The van der Waals surface area contributed by atoms with Crippen LogP contribution < -0.4 is 10.2 Å². The van der Waals surface area contributed by atoms with E-state index in [1.165, 1.54) is 6.20 Å². The Morgan fingerprint density at radius 1 is 1.33 bits per heavy atom. The number of rotatable bonds is 5. The summed E-state index contributed by atoms with van der Waals surface area (Å²) in [5.74, 6) is 3.75. The molecule has 0 fully saturated rings. The Hall–Kier alpha value is -3.26. The molecule has 2 aromatic heterocycles. The Kier molecular flexibility index (Phi) is 4.48. The average molecular weight is 319 g/mol. The first-order valence-electron chi connectivity index (χ1n) is 7.53. The normalized spacial score (nSPS) is 10.3. The lowest BCUT2D eigenvalue weighted by Crippen LogP contribution is -2.24. The van der Waals surface area contributed by atoms with E-state index in [1.54, 1.807) is 12.1 Å². The fourth-order valence-electron chi connectivity index (χ4n) is 2.41. The maximum absolute atomic E-state index is 11.8. The molecular formula is C19H17N3O2. The average Bonchev–Trinajstić information content (AvgIpc) is 3.02. The van der Waals surface area contributed by atoms with Crippen molar-refractivity contribution in [2.45, 2.75) is 6.54 Å². The van der Waals surface area contributed by atoms with Gasteiger partial charge in [0.25, 0.3) is 5.91 Å². The third-order valence-electron chi connectivity index (χ3n) is 3.62. The molecule has 120 valence electrons. The summed E-state index contributed by atoms with van der Waals surface area (Å²) in [5, 5.41) is 3.69. The summed E-state index contributed by atoms with van der Waals surface area (Å²) in [5.41, 5.74) is 1.35. The van der Waals surface area contributed by atoms with Gasteiger partial charge in [-0.2, -0.15) is 0 Å². The Bertz CT molecular complexity index is 858. The van der Waals surface area contributed by atoms with Gasteiger partial charge >= 0.3 is 0 Å². The topological polar surface area (TPSA) is 58.4 Å². The van der Waals surface area contributed by atoms with Gasteiger partial charge in [0, 0.05) is 18.6 Å². The molecular weight excluding hydrogens is 302 g/mol. The summed E-state index contributed by atoms with van der Waals surface area (Å²) < 4.78 is 5.81. The lowest BCUT2D eigenvalue weighted by molar-refractivity contribution is 0.0958. The molecule has 5 heteroatoms. The number of furan rings is 1. The molecule has 5 nitrogen and oxygen atoms in total. The summed E-state index contributed by atoms with van der Waals surface area (Å²) in [6, 6.07) is 13.4. The first kappa shape index (κ1) is 15.6. The molecule has 0 aliphatic carbocycles. The lowest BCUT2D eigenvalue weighted by Gasteiger charge is -2.16. The Labute approximate surface area is 140 Å². The molecule has 3 aromatic rings. The number of amides is 1. The highest BCUT2D eigenvalue weighted by Crippen LogP contribution is 2.21. The van der Waals surface area contributed by atoms with E-state index in [0.29, 0.717) is 12.1 Å². The molecule has 0 saturated heterocycles. The van der Waals surface area contributed by atoms with E-state index in [0.717, 1.165) is 22.5 Å². The molecule has 0 unspecified atom stereocenters. The summed E-state index contributed by atoms with van der Waals surface area (Å²) in [4.78, 5) is 18.1. The molecule has 0 bridgehead atoms. The van der Waals surface area contributed by atoms with Gasteiger partial charge in [-0.05, 0) is 24.3 Å². The molecule has 2 heterocycles. The zero-order valence-electron chi connectivity index (χ0n) is 13.3. The number of fused-ring (bicyclic) bond motifs is 1. The molecule has 3 rings (SSSR count). The van der Waals surface area contributed by atoms with Crippen LogP contribution in [0.25, 0.3) is 11.0 Å². The summed E-state index contributed by atoms with van der Waals surface area (Å²) in [7, 11) is 1.92. The van der Waals surface area contributed by atoms with Crippen LogP contribution in [0.1, 0.15) is 16.1 Å². The zero-order chi connectivity index (χ0) is 16.9. The van der Waals surface area contributed by atoms with E-state index in [-0.39, 0.29) is 12.5 Å². The molecule has 0 aliphatic heterocycles. The van der Waals surface area contributed by atoms with Crippen molar-refractivity contribution in [2.75, 3.05) is 18.5 Å². The predicted molar refractivity (Wildman–Crippen MR) is 93.7 cm³/mol. The standard InChI is InChI=1S/C19H17N3O2/c1-3-10-20-19(23)15-8-9-18(21-12-15)22(2)13-16-11-14-6-4-5-7-17(14)24-16/h1,4-9,11-12H,10,13H2,2H3,(H,20,23). The molecule has 1 aromatic carbocycles. The number of hydrogen-bond acceptors (Lipinski definition) is 4. The van der Waals surface area contributed by atoms with Crippen LogP contribution in [-0.4, -0.2) is 24.5 Å². The zero-order valence-corrected chi connectivity index (χ0v) is 13.3. The SMILES string of the molecule is C#CCNC(=O)c1ccc(N(C)Cc2cc3ccccc3o2)nc1. The Morgan fingerprint density at radius 3 is 2.88 bits per heavy atom. The number of benzene rings is 1. The first-order valence-corrected chi connectivity index (χ1v) is 7.53. The molecule has 1 amide bonds. The number of terminal acetylenes is 1. The van der Waals surface area contributed by atoms with Crippen LogP contribution >= 0.6 is 0 Å². The fourth-order valence-corrected chi connectivity index (χ4v) is 2.41. The second-order valence-corrected chi connectivity index (χ2v) is 5.40. The van der Waals surface area contributed by atoms with Crippen LogP contribution in [0.5, 0.6) is 0 Å². The lowest BCUT2D eigenvalue weighted by atomic mass is 10.2. The van der Waals surface area contributed by atoms with Crippen LogP contribution in [0.15, 0.2) is 53.1 Å². The van der Waals surface area contributed by atoms with Gasteiger partial charge in [-0.25, -0.2) is 4.98 Å². The predicted octanol–water partition coefficient (Wildman–Crippen LogP) is 2.83. The van der Waals surface area contributed by atoms with E-state index in [4.69, 9.17) is 10.8 Å². The number of nitrogens with zero attached hydrogens (tertiary/aromatic N) is 2.